The minimum atomic E-state index is 0. The normalized spacial score (nSPS) is 10.0. The number of rotatable bonds is 9. The van der Waals surface area contributed by atoms with Gasteiger partial charge in [0.1, 0.15) is 0 Å². The molecule has 0 aliphatic carbocycles. The first-order valence-corrected chi connectivity index (χ1v) is 7.93. The van der Waals surface area contributed by atoms with E-state index in [9.17, 15) is 4.79 Å². The highest BCUT2D eigenvalue weighted by Crippen LogP contribution is 2.12. The zero-order valence-electron chi connectivity index (χ0n) is 14.0. The van der Waals surface area contributed by atoms with E-state index in [-0.39, 0.29) is 18.3 Å². The van der Waals surface area contributed by atoms with Crippen LogP contribution in [0.3, 0.4) is 0 Å². The van der Waals surface area contributed by atoms with Crippen molar-refractivity contribution in [3.63, 3.8) is 0 Å². The summed E-state index contributed by atoms with van der Waals surface area (Å²) in [6, 6.07) is 18.1. The Morgan fingerprint density at radius 2 is 1.79 bits per heavy atom. The summed E-state index contributed by atoms with van der Waals surface area (Å²) in [5.41, 5.74) is 3.15. The van der Waals surface area contributed by atoms with Crippen molar-refractivity contribution in [1.82, 2.24) is 5.32 Å². The number of carbonyl (C=O) groups excluding carboxylic acids is 1. The third-order valence-electron chi connectivity index (χ3n) is 3.46. The highest BCUT2D eigenvalue weighted by molar-refractivity contribution is 5.90. The van der Waals surface area contributed by atoms with Crippen molar-refractivity contribution >= 4 is 24.0 Å². The van der Waals surface area contributed by atoms with E-state index < -0.39 is 0 Å². The molecular weight excluding hydrogens is 324 g/mol. The molecule has 0 aliphatic heterocycles. The van der Waals surface area contributed by atoms with Gasteiger partial charge in [-0.3, -0.25) is 4.79 Å². The topological polar surface area (TPSA) is 50.4 Å². The summed E-state index contributed by atoms with van der Waals surface area (Å²) in [7, 11) is 1.83. The summed E-state index contributed by atoms with van der Waals surface area (Å²) < 4.78 is 5.73. The van der Waals surface area contributed by atoms with E-state index >= 15 is 0 Å². The monoisotopic (exact) mass is 348 g/mol. The van der Waals surface area contributed by atoms with Gasteiger partial charge in [0.25, 0.3) is 0 Å². The van der Waals surface area contributed by atoms with Crippen LogP contribution in [0.25, 0.3) is 0 Å². The highest BCUT2D eigenvalue weighted by Gasteiger charge is 2.02. The lowest BCUT2D eigenvalue weighted by molar-refractivity contribution is -0.116. The molecule has 2 aromatic rings. The van der Waals surface area contributed by atoms with Gasteiger partial charge in [0.05, 0.1) is 13.2 Å². The second-order valence-corrected chi connectivity index (χ2v) is 5.39. The van der Waals surface area contributed by atoms with Gasteiger partial charge in [0.2, 0.25) is 5.91 Å². The van der Waals surface area contributed by atoms with Crippen LogP contribution in [0.2, 0.25) is 0 Å². The summed E-state index contributed by atoms with van der Waals surface area (Å²) >= 11 is 0. The Kier molecular flexibility index (Phi) is 9.77. The number of halogens is 1. The van der Waals surface area contributed by atoms with Gasteiger partial charge in [-0.15, -0.1) is 12.4 Å². The summed E-state index contributed by atoms with van der Waals surface area (Å²) in [6.45, 7) is 1.91. The van der Waals surface area contributed by atoms with Crippen LogP contribution in [0.5, 0.6) is 0 Å². The Bertz CT molecular complexity index is 605. The molecule has 0 heterocycles. The number of ether oxygens (including phenoxy) is 1. The SMILES string of the molecule is CNCCC(=O)Nc1cccc(COCCc2ccccc2)c1.Cl. The van der Waals surface area contributed by atoms with Gasteiger partial charge in [-0.2, -0.15) is 0 Å². The maximum atomic E-state index is 11.7. The number of amides is 1. The molecule has 2 aromatic carbocycles. The van der Waals surface area contributed by atoms with E-state index in [1.165, 1.54) is 5.56 Å². The van der Waals surface area contributed by atoms with Crippen LogP contribution in [0.4, 0.5) is 5.69 Å². The largest absolute Gasteiger partial charge is 0.376 e. The van der Waals surface area contributed by atoms with Gasteiger partial charge in [-0.1, -0.05) is 42.5 Å². The van der Waals surface area contributed by atoms with E-state index in [0.717, 1.165) is 17.7 Å². The van der Waals surface area contributed by atoms with E-state index in [4.69, 9.17) is 4.74 Å². The molecule has 2 N–H and O–H groups in total. The molecule has 0 saturated heterocycles. The van der Waals surface area contributed by atoms with Crippen molar-refractivity contribution < 1.29 is 9.53 Å². The van der Waals surface area contributed by atoms with Gasteiger partial charge < -0.3 is 15.4 Å². The van der Waals surface area contributed by atoms with Gasteiger partial charge in [0.15, 0.2) is 0 Å². The number of anilines is 1. The lowest BCUT2D eigenvalue weighted by Crippen LogP contribution is -2.18. The van der Waals surface area contributed by atoms with Crippen molar-refractivity contribution in [2.75, 3.05) is 25.5 Å². The summed E-state index contributed by atoms with van der Waals surface area (Å²) in [5, 5.41) is 5.86. The predicted molar refractivity (Wildman–Crippen MR) is 101 cm³/mol. The first kappa shape index (κ1) is 20.2. The molecule has 130 valence electrons. The zero-order valence-corrected chi connectivity index (χ0v) is 14.8. The number of carbonyl (C=O) groups is 1. The minimum Gasteiger partial charge on any atom is -0.376 e. The first-order chi connectivity index (χ1) is 11.3. The molecule has 5 heteroatoms. The molecule has 2 rings (SSSR count). The molecule has 1 amide bonds. The number of nitrogens with one attached hydrogen (secondary N) is 2. The average molecular weight is 349 g/mol. The van der Waals surface area contributed by atoms with Crippen LogP contribution < -0.4 is 10.6 Å². The molecule has 24 heavy (non-hydrogen) atoms. The fourth-order valence-corrected chi connectivity index (χ4v) is 2.23. The van der Waals surface area contributed by atoms with Crippen molar-refractivity contribution in [1.29, 1.82) is 0 Å². The third kappa shape index (κ3) is 7.59. The Morgan fingerprint density at radius 3 is 2.54 bits per heavy atom. The molecule has 0 aromatic heterocycles. The summed E-state index contributed by atoms with van der Waals surface area (Å²) in [6.07, 6.45) is 1.37. The van der Waals surface area contributed by atoms with E-state index in [0.29, 0.717) is 26.2 Å². The maximum absolute atomic E-state index is 11.7. The molecule has 0 saturated carbocycles. The minimum absolute atomic E-state index is 0. The van der Waals surface area contributed by atoms with Crippen LogP contribution in [-0.4, -0.2) is 26.1 Å². The fraction of sp³-hybridized carbons (Fsp3) is 0.316. The molecule has 4 nitrogen and oxygen atoms in total. The van der Waals surface area contributed by atoms with Gasteiger partial charge in [0, 0.05) is 18.7 Å². The highest BCUT2D eigenvalue weighted by atomic mass is 35.5. The van der Waals surface area contributed by atoms with E-state index in [1.54, 1.807) is 0 Å². The Balaban J connectivity index is 0.00000288. The summed E-state index contributed by atoms with van der Waals surface area (Å²) in [4.78, 5) is 11.7. The Hall–Kier alpha value is -1.88. The molecule has 0 radical (unpaired) electrons. The van der Waals surface area contributed by atoms with Crippen molar-refractivity contribution in [2.45, 2.75) is 19.4 Å². The molecule has 0 fully saturated rings. The maximum Gasteiger partial charge on any atom is 0.225 e. The smallest absolute Gasteiger partial charge is 0.225 e. The standard InChI is InChI=1S/C19H24N2O2.ClH/c1-20-12-10-19(22)21-18-9-5-8-17(14-18)15-23-13-11-16-6-3-2-4-7-16;/h2-9,14,20H,10-13,15H2,1H3,(H,21,22);1H. The second kappa shape index (κ2) is 11.6. The molecule has 0 aliphatic rings. The van der Waals surface area contributed by atoms with Crippen LogP contribution in [-0.2, 0) is 22.6 Å². The Morgan fingerprint density at radius 1 is 1.04 bits per heavy atom. The molecule has 0 unspecified atom stereocenters. The first-order valence-electron chi connectivity index (χ1n) is 7.93. The third-order valence-corrected chi connectivity index (χ3v) is 3.46. The van der Waals surface area contributed by atoms with Gasteiger partial charge in [-0.05, 0) is 36.7 Å². The molecule has 0 atom stereocenters. The van der Waals surface area contributed by atoms with E-state index in [1.807, 2.05) is 49.5 Å². The number of benzene rings is 2. The van der Waals surface area contributed by atoms with Gasteiger partial charge in [-0.25, -0.2) is 0 Å². The van der Waals surface area contributed by atoms with Crippen LogP contribution in [0, 0.1) is 0 Å². The van der Waals surface area contributed by atoms with Crippen molar-refractivity contribution in [3.05, 3.63) is 65.7 Å². The van der Waals surface area contributed by atoms with Crippen LogP contribution in [0.15, 0.2) is 54.6 Å². The lowest BCUT2D eigenvalue weighted by Gasteiger charge is -2.08. The molecule has 0 bridgehead atoms. The summed E-state index contributed by atoms with van der Waals surface area (Å²) in [5.74, 6) is 0.0153. The van der Waals surface area contributed by atoms with Crippen molar-refractivity contribution in [2.24, 2.45) is 0 Å². The molecule has 0 spiro atoms. The van der Waals surface area contributed by atoms with Crippen LogP contribution >= 0.6 is 12.4 Å². The fourth-order valence-electron chi connectivity index (χ4n) is 2.23. The number of hydrogen-bond donors (Lipinski definition) is 2. The zero-order chi connectivity index (χ0) is 16.3. The van der Waals surface area contributed by atoms with Gasteiger partial charge >= 0.3 is 0 Å². The number of hydrogen-bond acceptors (Lipinski definition) is 3. The second-order valence-electron chi connectivity index (χ2n) is 5.39. The van der Waals surface area contributed by atoms with E-state index in [2.05, 4.69) is 22.8 Å². The Labute approximate surface area is 150 Å². The van der Waals surface area contributed by atoms with Crippen LogP contribution in [0.1, 0.15) is 17.5 Å². The lowest BCUT2D eigenvalue weighted by atomic mass is 10.2. The molecular formula is C19H25ClN2O2. The quantitative estimate of drug-likeness (QED) is 0.683. The predicted octanol–water partition coefficient (Wildman–Crippen LogP) is 3.42. The average Bonchev–Trinajstić information content (AvgIpc) is 2.58. The van der Waals surface area contributed by atoms with Crippen molar-refractivity contribution in [3.8, 4) is 0 Å².